The molecule has 1 aliphatic rings. The molecule has 1 fully saturated rings. The maximum atomic E-state index is 4.57. The fourth-order valence-corrected chi connectivity index (χ4v) is 6.32. The van der Waals surface area contributed by atoms with Gasteiger partial charge in [-0.1, -0.05) is 13.8 Å². The molecule has 0 amide bonds. The number of nitrogens with one attached hydrogen (secondary N) is 1. The summed E-state index contributed by atoms with van der Waals surface area (Å²) in [4.78, 5) is 4.57. The van der Waals surface area contributed by atoms with Gasteiger partial charge in [-0.15, -0.1) is 0 Å². The van der Waals surface area contributed by atoms with Crippen LogP contribution in [0.1, 0.15) is 45.1 Å². The van der Waals surface area contributed by atoms with E-state index in [9.17, 15) is 0 Å². The van der Waals surface area contributed by atoms with E-state index in [1.165, 1.54) is 47.9 Å². The van der Waals surface area contributed by atoms with Crippen molar-refractivity contribution in [2.75, 3.05) is 0 Å². The third-order valence-corrected chi connectivity index (χ3v) is 9.09. The fraction of sp³-hybridized carbons (Fsp3) is 0.391. The predicted octanol–water partition coefficient (Wildman–Crippen LogP) is 4.66. The summed E-state index contributed by atoms with van der Waals surface area (Å²) in [5, 5.41) is 3.78. The summed E-state index contributed by atoms with van der Waals surface area (Å²) in [6, 6.07) is 16.2. The molecule has 0 aliphatic heterocycles. The zero-order valence-electron chi connectivity index (χ0n) is 16.4. The van der Waals surface area contributed by atoms with Gasteiger partial charge in [0, 0.05) is 0 Å². The van der Waals surface area contributed by atoms with Crippen LogP contribution < -0.4 is 5.32 Å². The fourth-order valence-electron chi connectivity index (χ4n) is 4.08. The van der Waals surface area contributed by atoms with Gasteiger partial charge in [-0.3, -0.25) is 0 Å². The average Bonchev–Trinajstić information content (AvgIpc) is 3.10. The Balaban J connectivity index is 1.47. The van der Waals surface area contributed by atoms with Crippen molar-refractivity contribution in [1.29, 1.82) is 0 Å². The number of rotatable bonds is 5. The van der Waals surface area contributed by atoms with E-state index >= 15 is 0 Å². The molecule has 138 valence electrons. The van der Waals surface area contributed by atoms with E-state index < -0.39 is 24.0 Å². The van der Waals surface area contributed by atoms with Crippen molar-refractivity contribution >= 4 is 39.1 Å². The van der Waals surface area contributed by atoms with E-state index in [0.29, 0.717) is 11.5 Å². The van der Waals surface area contributed by atoms with Gasteiger partial charge in [0.1, 0.15) is 0 Å². The number of fused-ring (bicyclic) bond motifs is 1. The maximum absolute atomic E-state index is 4.57. The van der Waals surface area contributed by atoms with Gasteiger partial charge in [0.05, 0.1) is 0 Å². The van der Waals surface area contributed by atoms with Crippen LogP contribution in [-0.2, 0) is 6.54 Å². The normalized spacial score (nSPS) is 17.1. The average molecular weight is 551 g/mol. The zero-order chi connectivity index (χ0) is 18.9. The first-order valence-electron chi connectivity index (χ1n) is 9.96. The van der Waals surface area contributed by atoms with Gasteiger partial charge in [0.15, 0.2) is 0 Å². The minimum absolute atomic E-state index is 0.529. The number of benzene rings is 2. The predicted molar refractivity (Wildman–Crippen MR) is 116 cm³/mol. The third-order valence-electron chi connectivity index (χ3n) is 5.97. The molecule has 0 saturated heterocycles. The van der Waals surface area contributed by atoms with Crippen molar-refractivity contribution in [3.8, 4) is 11.1 Å². The Morgan fingerprint density at radius 2 is 1.93 bits per heavy atom. The molecule has 0 unspecified atom stereocenters. The molecule has 1 N–H and O–H groups in total. The van der Waals surface area contributed by atoms with Crippen LogP contribution in [0.4, 0.5) is 0 Å². The van der Waals surface area contributed by atoms with Crippen LogP contribution in [0.15, 0.2) is 48.8 Å². The first kappa shape index (κ1) is 19.0. The first-order chi connectivity index (χ1) is 13.0. The first-order valence-corrected chi connectivity index (χ1v) is 15.1. The van der Waals surface area contributed by atoms with Crippen LogP contribution in [0, 0.1) is 5.41 Å². The second-order valence-corrected chi connectivity index (χ2v) is 12.1. The van der Waals surface area contributed by atoms with E-state index in [1.54, 1.807) is 0 Å². The second kappa shape index (κ2) is 7.96. The molecule has 1 saturated carbocycles. The number of nitrogens with zero attached hydrogens (tertiary/aromatic N) is 2. The summed E-state index contributed by atoms with van der Waals surface area (Å²) in [7, 11) is 0. The van der Waals surface area contributed by atoms with Gasteiger partial charge in [-0.25, -0.2) is 0 Å². The quantitative estimate of drug-likeness (QED) is 0.469. The van der Waals surface area contributed by atoms with Gasteiger partial charge in [-0.2, -0.15) is 0 Å². The molecule has 4 rings (SSSR count). The van der Waals surface area contributed by atoms with Crippen LogP contribution in [0.3, 0.4) is 0 Å². The Kier molecular flexibility index (Phi) is 5.60. The Bertz CT molecular complexity index is 947. The van der Waals surface area contributed by atoms with Crippen molar-refractivity contribution in [1.82, 2.24) is 12.7 Å². The van der Waals surface area contributed by atoms with Crippen molar-refractivity contribution < 1.29 is 0 Å². The Hall–Kier alpha value is -1.34. The monoisotopic (exact) mass is 551 g/mol. The van der Waals surface area contributed by atoms with Crippen molar-refractivity contribution in [3.63, 3.8) is 0 Å². The third kappa shape index (κ3) is 4.40. The van der Waals surface area contributed by atoms with Crippen LogP contribution in [0.25, 0.3) is 22.2 Å². The molecule has 3 aromatic rings. The molecule has 2 aromatic carbocycles. The number of aromatic nitrogens is 2. The van der Waals surface area contributed by atoms with Gasteiger partial charge in [-0.05, 0) is 18.3 Å². The molecule has 1 aliphatic carbocycles. The van der Waals surface area contributed by atoms with Crippen molar-refractivity contribution in [2.24, 2.45) is 5.41 Å². The van der Waals surface area contributed by atoms with Crippen LogP contribution in [0.5, 0.6) is 0 Å². The minimum atomic E-state index is -1.10. The molecule has 0 bridgehead atoms. The molecule has 27 heavy (non-hydrogen) atoms. The van der Waals surface area contributed by atoms with E-state index in [-0.39, 0.29) is 0 Å². The van der Waals surface area contributed by atoms with E-state index in [0.717, 1.165) is 12.1 Å². The summed E-state index contributed by atoms with van der Waals surface area (Å²) in [5.74, 6) is 0. The van der Waals surface area contributed by atoms with Crippen LogP contribution >= 0.6 is 0 Å². The number of imidazole rings is 1. The molecule has 1 aromatic heterocycles. The SMILES string of the molecule is [CH2]=[Tl][n]1cnc2cc(-c3cccc(CNC4CCC(C)(C)CC4)c3)ccc21. The van der Waals surface area contributed by atoms with Crippen molar-refractivity contribution in [2.45, 2.75) is 52.1 Å². The molecule has 4 heteroatoms. The second-order valence-electron chi connectivity index (χ2n) is 8.56. The zero-order valence-corrected chi connectivity index (χ0v) is 20.9. The molecule has 0 atom stereocenters. The number of hydrogen-bond acceptors (Lipinski definition) is 2. The van der Waals surface area contributed by atoms with Gasteiger partial charge >= 0.3 is 143 Å². The van der Waals surface area contributed by atoms with Gasteiger partial charge in [0.2, 0.25) is 0 Å². The molecule has 3 nitrogen and oxygen atoms in total. The standard InChI is InChI=1S/C22H26N3.CH2.Tl/c1-22(2)10-8-19(9-11-22)23-14-16-4-3-5-17(12-16)18-6-7-20-21(13-18)25-15-24-20;;/h3-7,12-13,15,19,23H,8-11,14H2,1-2H3;1H2;/q-1;;+1. The van der Waals surface area contributed by atoms with Gasteiger partial charge in [0.25, 0.3) is 0 Å². The summed E-state index contributed by atoms with van der Waals surface area (Å²) in [6.45, 7) is 5.74. The molecule has 0 radical (unpaired) electrons. The summed E-state index contributed by atoms with van der Waals surface area (Å²) >= 11 is -1.10. The van der Waals surface area contributed by atoms with Crippen LogP contribution in [-0.4, -0.2) is 41.5 Å². The Labute approximate surface area is 174 Å². The van der Waals surface area contributed by atoms with Crippen molar-refractivity contribution in [3.05, 3.63) is 54.4 Å². The Morgan fingerprint density at radius 1 is 1.15 bits per heavy atom. The summed E-state index contributed by atoms with van der Waals surface area (Å²) in [5.41, 5.74) is 6.72. The topological polar surface area (TPSA) is 29.9 Å². The molecule has 0 spiro atoms. The van der Waals surface area contributed by atoms with E-state index in [4.69, 9.17) is 0 Å². The molecular weight excluding hydrogens is 523 g/mol. The summed E-state index contributed by atoms with van der Waals surface area (Å²) in [6.07, 6.45) is 7.21. The number of hydrogen-bond donors (Lipinski definition) is 1. The Morgan fingerprint density at radius 3 is 2.70 bits per heavy atom. The van der Waals surface area contributed by atoms with E-state index in [1.807, 2.05) is 6.33 Å². The van der Waals surface area contributed by atoms with Gasteiger partial charge < -0.3 is 0 Å². The molecular formula is C23H28N3Tl. The van der Waals surface area contributed by atoms with Crippen LogP contribution in [0.2, 0.25) is 0 Å². The van der Waals surface area contributed by atoms with E-state index in [2.05, 4.69) is 73.1 Å². The summed E-state index contributed by atoms with van der Waals surface area (Å²) < 4.78 is 6.44. The molecule has 1 heterocycles.